The number of rotatable bonds is 8. The van der Waals surface area contributed by atoms with Crippen LogP contribution in [-0.4, -0.2) is 28.0 Å². The monoisotopic (exact) mass is 372 g/mol. The Balaban J connectivity index is 2.17. The van der Waals surface area contributed by atoms with E-state index in [0.717, 1.165) is 0 Å². The van der Waals surface area contributed by atoms with Gasteiger partial charge in [-0.1, -0.05) is 12.1 Å². The molecule has 8 nitrogen and oxygen atoms in total. The third-order valence-electron chi connectivity index (χ3n) is 3.68. The first kappa shape index (κ1) is 19.9. The van der Waals surface area contributed by atoms with Crippen LogP contribution in [0.3, 0.4) is 0 Å². The van der Waals surface area contributed by atoms with Gasteiger partial charge in [-0.25, -0.2) is 0 Å². The van der Waals surface area contributed by atoms with Crippen LogP contribution < -0.4 is 10.1 Å². The first-order valence-corrected chi connectivity index (χ1v) is 8.30. The fourth-order valence-corrected chi connectivity index (χ4v) is 2.45. The van der Waals surface area contributed by atoms with E-state index in [2.05, 4.69) is 5.32 Å². The van der Waals surface area contributed by atoms with Crippen LogP contribution >= 0.6 is 0 Å². The van der Waals surface area contributed by atoms with Crippen LogP contribution in [0.2, 0.25) is 0 Å². The van der Waals surface area contributed by atoms with E-state index in [-0.39, 0.29) is 23.8 Å². The second kappa shape index (κ2) is 8.79. The fraction of sp³-hybridized carbons (Fsp3) is 0.263. The van der Waals surface area contributed by atoms with Gasteiger partial charge in [0.2, 0.25) is 0 Å². The van der Waals surface area contributed by atoms with Crippen molar-refractivity contribution < 1.29 is 24.4 Å². The Bertz CT molecular complexity index is 815. The number of nitrogens with zero attached hydrogens (tertiary/aromatic N) is 1. The van der Waals surface area contributed by atoms with Crippen LogP contribution in [0.4, 0.5) is 5.69 Å². The number of carbonyl (C=O) groups is 2. The zero-order valence-electron chi connectivity index (χ0n) is 14.9. The summed E-state index contributed by atoms with van der Waals surface area (Å²) in [4.78, 5) is 33.7. The molecule has 27 heavy (non-hydrogen) atoms. The minimum absolute atomic E-state index is 0.00695. The van der Waals surface area contributed by atoms with Crippen molar-refractivity contribution >= 4 is 17.6 Å². The Kier molecular flexibility index (Phi) is 6.48. The summed E-state index contributed by atoms with van der Waals surface area (Å²) < 4.78 is 5.55. The van der Waals surface area contributed by atoms with E-state index in [0.29, 0.717) is 11.3 Å². The van der Waals surface area contributed by atoms with Gasteiger partial charge in [0, 0.05) is 17.7 Å². The van der Waals surface area contributed by atoms with Crippen LogP contribution in [0.25, 0.3) is 0 Å². The number of nitro benzene ring substituents is 1. The highest BCUT2D eigenvalue weighted by Gasteiger charge is 2.19. The van der Waals surface area contributed by atoms with Gasteiger partial charge in [0.15, 0.2) is 0 Å². The number of nitro groups is 1. The largest absolute Gasteiger partial charge is 0.491 e. The smallest absolute Gasteiger partial charge is 0.305 e. The molecule has 2 rings (SSSR count). The van der Waals surface area contributed by atoms with Crippen LogP contribution in [0.1, 0.15) is 42.2 Å². The molecule has 0 aliphatic carbocycles. The van der Waals surface area contributed by atoms with Gasteiger partial charge in [0.05, 0.1) is 23.5 Å². The fourth-order valence-electron chi connectivity index (χ4n) is 2.45. The number of aliphatic carboxylic acids is 1. The summed E-state index contributed by atoms with van der Waals surface area (Å²) in [6, 6.07) is 11.2. The molecule has 0 unspecified atom stereocenters. The summed E-state index contributed by atoms with van der Waals surface area (Å²) in [5.74, 6) is -0.935. The molecule has 2 N–H and O–H groups in total. The first-order valence-electron chi connectivity index (χ1n) is 8.30. The van der Waals surface area contributed by atoms with Crippen LogP contribution in [-0.2, 0) is 4.79 Å². The average Bonchev–Trinajstić information content (AvgIpc) is 2.61. The van der Waals surface area contributed by atoms with Crippen molar-refractivity contribution in [1.82, 2.24) is 5.32 Å². The predicted octanol–water partition coefficient (Wildman–Crippen LogP) is 3.33. The van der Waals surface area contributed by atoms with E-state index >= 15 is 0 Å². The van der Waals surface area contributed by atoms with Crippen molar-refractivity contribution in [2.45, 2.75) is 32.4 Å². The highest BCUT2D eigenvalue weighted by molar-refractivity contribution is 5.94. The lowest BCUT2D eigenvalue weighted by Crippen LogP contribution is -2.30. The van der Waals surface area contributed by atoms with E-state index in [9.17, 15) is 19.7 Å². The number of carbonyl (C=O) groups excluding carboxylic acids is 1. The average molecular weight is 372 g/mol. The molecule has 0 bridgehead atoms. The molecule has 0 aliphatic heterocycles. The van der Waals surface area contributed by atoms with Crippen molar-refractivity contribution in [3.63, 3.8) is 0 Å². The molecule has 0 saturated carbocycles. The van der Waals surface area contributed by atoms with Crippen LogP contribution in [0.5, 0.6) is 5.75 Å². The third-order valence-corrected chi connectivity index (χ3v) is 3.68. The van der Waals surface area contributed by atoms with Gasteiger partial charge in [-0.3, -0.25) is 19.7 Å². The van der Waals surface area contributed by atoms with Crippen molar-refractivity contribution in [3.8, 4) is 5.75 Å². The molecule has 0 aliphatic rings. The molecule has 1 atom stereocenters. The molecule has 2 aromatic rings. The number of carboxylic acids is 1. The van der Waals surface area contributed by atoms with Crippen molar-refractivity contribution in [2.75, 3.05) is 0 Å². The quantitative estimate of drug-likeness (QED) is 0.542. The lowest BCUT2D eigenvalue weighted by atomic mass is 10.0. The van der Waals surface area contributed by atoms with Gasteiger partial charge in [0.1, 0.15) is 5.75 Å². The Morgan fingerprint density at radius 1 is 1.11 bits per heavy atom. The number of hydrogen-bond acceptors (Lipinski definition) is 5. The number of benzene rings is 2. The van der Waals surface area contributed by atoms with Crippen molar-refractivity contribution in [2.24, 2.45) is 0 Å². The number of nitrogens with one attached hydrogen (secondary N) is 1. The minimum atomic E-state index is -1.06. The van der Waals surface area contributed by atoms with Gasteiger partial charge in [-0.05, 0) is 43.7 Å². The summed E-state index contributed by atoms with van der Waals surface area (Å²) in [6.45, 7) is 3.79. The van der Waals surface area contributed by atoms with Gasteiger partial charge < -0.3 is 15.2 Å². The second-order valence-electron chi connectivity index (χ2n) is 6.16. The SMILES string of the molecule is CC(C)Oc1ccc([C@H](CC(=O)O)NC(=O)c2ccc([N+](=O)[O-])cc2)cc1. The molecule has 0 heterocycles. The highest BCUT2D eigenvalue weighted by atomic mass is 16.6. The summed E-state index contributed by atoms with van der Waals surface area (Å²) in [7, 11) is 0. The Labute approximate surface area is 155 Å². The zero-order valence-corrected chi connectivity index (χ0v) is 14.9. The van der Waals surface area contributed by atoms with Crippen molar-refractivity contribution in [1.29, 1.82) is 0 Å². The maximum atomic E-state index is 12.4. The van der Waals surface area contributed by atoms with E-state index < -0.39 is 22.8 Å². The molecule has 2 aromatic carbocycles. The summed E-state index contributed by atoms with van der Waals surface area (Å²) in [5, 5.41) is 22.5. The summed E-state index contributed by atoms with van der Waals surface area (Å²) >= 11 is 0. The Morgan fingerprint density at radius 3 is 2.19 bits per heavy atom. The lowest BCUT2D eigenvalue weighted by molar-refractivity contribution is -0.384. The zero-order chi connectivity index (χ0) is 20.0. The van der Waals surface area contributed by atoms with Gasteiger partial charge in [-0.15, -0.1) is 0 Å². The Morgan fingerprint density at radius 2 is 1.70 bits per heavy atom. The molecule has 0 saturated heterocycles. The molecular formula is C19H20N2O6. The van der Waals surface area contributed by atoms with E-state index in [1.54, 1.807) is 24.3 Å². The van der Waals surface area contributed by atoms with Gasteiger partial charge in [0.25, 0.3) is 11.6 Å². The lowest BCUT2D eigenvalue weighted by Gasteiger charge is -2.18. The highest BCUT2D eigenvalue weighted by Crippen LogP contribution is 2.22. The molecule has 0 spiro atoms. The predicted molar refractivity (Wildman–Crippen MR) is 97.8 cm³/mol. The molecular weight excluding hydrogens is 352 g/mol. The van der Waals surface area contributed by atoms with E-state index in [1.807, 2.05) is 13.8 Å². The summed E-state index contributed by atoms with van der Waals surface area (Å²) in [5.41, 5.74) is 0.689. The number of hydrogen-bond donors (Lipinski definition) is 2. The number of amides is 1. The van der Waals surface area contributed by atoms with Crippen LogP contribution in [0.15, 0.2) is 48.5 Å². The standard InChI is InChI=1S/C19H20N2O6/c1-12(2)27-16-9-5-13(6-10-16)17(11-18(22)23)20-19(24)14-3-7-15(8-4-14)21(25)26/h3-10,12,17H,11H2,1-2H3,(H,20,24)(H,22,23)/t17-/m0/s1. The van der Waals surface area contributed by atoms with Gasteiger partial charge in [-0.2, -0.15) is 0 Å². The molecule has 0 radical (unpaired) electrons. The second-order valence-corrected chi connectivity index (χ2v) is 6.16. The summed E-state index contributed by atoms with van der Waals surface area (Å²) in [6.07, 6.45) is -0.296. The molecule has 142 valence electrons. The van der Waals surface area contributed by atoms with Gasteiger partial charge >= 0.3 is 5.97 Å². The topological polar surface area (TPSA) is 119 Å². The van der Waals surface area contributed by atoms with E-state index in [1.165, 1.54) is 24.3 Å². The molecule has 8 heteroatoms. The number of non-ortho nitro benzene ring substituents is 1. The number of ether oxygens (including phenoxy) is 1. The van der Waals surface area contributed by atoms with Crippen molar-refractivity contribution in [3.05, 3.63) is 69.8 Å². The molecule has 1 amide bonds. The molecule has 0 aromatic heterocycles. The normalized spacial score (nSPS) is 11.7. The van der Waals surface area contributed by atoms with Crippen LogP contribution in [0, 0.1) is 10.1 Å². The third kappa shape index (κ3) is 5.81. The van der Waals surface area contributed by atoms with E-state index in [4.69, 9.17) is 9.84 Å². The minimum Gasteiger partial charge on any atom is -0.491 e. The maximum Gasteiger partial charge on any atom is 0.305 e. The molecule has 0 fully saturated rings. The first-order chi connectivity index (χ1) is 12.8. The number of carboxylic acid groups (broad SMARTS) is 1. The maximum absolute atomic E-state index is 12.4. The Hall–Kier alpha value is -3.42.